The van der Waals surface area contributed by atoms with Crippen molar-refractivity contribution in [2.24, 2.45) is 4.99 Å². The fourth-order valence-corrected chi connectivity index (χ4v) is 5.80. The summed E-state index contributed by atoms with van der Waals surface area (Å²) in [6.07, 6.45) is 1.36. The molecule has 0 radical (unpaired) electrons. The Morgan fingerprint density at radius 1 is 1.00 bits per heavy atom. The van der Waals surface area contributed by atoms with Gasteiger partial charge in [0.25, 0.3) is 5.56 Å². The number of allylic oxidation sites excluding steroid dienone is 1. The quantitative estimate of drug-likeness (QED) is 0.353. The minimum Gasteiger partial charge on any atom is -0.496 e. The van der Waals surface area contributed by atoms with E-state index in [0.717, 1.165) is 4.47 Å². The first-order chi connectivity index (χ1) is 18.6. The zero-order valence-electron chi connectivity index (χ0n) is 22.7. The Hall–Kier alpha value is -3.57. The Balaban J connectivity index is 2.01. The Kier molecular flexibility index (Phi) is 8.51. The number of fused-ring (bicyclic) bond motifs is 1. The third kappa shape index (κ3) is 5.46. The highest BCUT2D eigenvalue weighted by Gasteiger charge is 2.35. The van der Waals surface area contributed by atoms with Gasteiger partial charge in [-0.25, -0.2) is 9.79 Å². The van der Waals surface area contributed by atoms with Crippen LogP contribution in [0.2, 0.25) is 0 Å². The monoisotopic (exact) mass is 616 g/mol. The molecule has 11 heteroatoms. The summed E-state index contributed by atoms with van der Waals surface area (Å²) in [5, 5.41) is 0. The number of methoxy groups -OCH3 is 4. The fourth-order valence-electron chi connectivity index (χ4n) is 4.38. The number of carbonyl (C=O) groups excluding carboxylic acids is 1. The van der Waals surface area contributed by atoms with E-state index in [-0.39, 0.29) is 17.2 Å². The zero-order valence-corrected chi connectivity index (χ0v) is 25.1. The van der Waals surface area contributed by atoms with Crippen molar-refractivity contribution in [3.8, 4) is 23.0 Å². The van der Waals surface area contributed by atoms with Crippen molar-refractivity contribution in [3.63, 3.8) is 0 Å². The van der Waals surface area contributed by atoms with Gasteiger partial charge in [0.2, 0.25) is 0 Å². The lowest BCUT2D eigenvalue weighted by Crippen LogP contribution is -2.40. The first-order valence-electron chi connectivity index (χ1n) is 12.0. The molecule has 0 spiro atoms. The van der Waals surface area contributed by atoms with Crippen molar-refractivity contribution in [3.05, 3.63) is 76.9 Å². The number of benzene rings is 2. The maximum Gasteiger partial charge on any atom is 0.338 e. The second kappa shape index (κ2) is 11.7. The number of nitrogens with zero attached hydrogens (tertiary/aromatic N) is 2. The molecule has 0 N–H and O–H groups in total. The van der Waals surface area contributed by atoms with E-state index >= 15 is 0 Å². The van der Waals surface area contributed by atoms with E-state index in [2.05, 4.69) is 20.9 Å². The molecule has 0 saturated heterocycles. The molecule has 0 saturated carbocycles. The Morgan fingerprint density at radius 3 is 2.26 bits per heavy atom. The van der Waals surface area contributed by atoms with Crippen molar-refractivity contribution in [2.45, 2.75) is 32.9 Å². The Labute approximate surface area is 238 Å². The minimum absolute atomic E-state index is 0.266. The summed E-state index contributed by atoms with van der Waals surface area (Å²) in [7, 11) is 6.15. The number of hydrogen-bond donors (Lipinski definition) is 0. The van der Waals surface area contributed by atoms with E-state index < -0.39 is 12.0 Å². The van der Waals surface area contributed by atoms with E-state index in [4.69, 9.17) is 23.7 Å². The van der Waals surface area contributed by atoms with Crippen molar-refractivity contribution < 1.29 is 28.5 Å². The number of aromatic nitrogens is 1. The van der Waals surface area contributed by atoms with Crippen LogP contribution in [0.1, 0.15) is 37.9 Å². The number of ether oxygens (including phenoxy) is 5. The minimum atomic E-state index is -0.825. The van der Waals surface area contributed by atoms with Gasteiger partial charge in [0.1, 0.15) is 17.5 Å². The predicted molar refractivity (Wildman–Crippen MR) is 152 cm³/mol. The van der Waals surface area contributed by atoms with E-state index in [1.165, 1.54) is 37.2 Å². The Morgan fingerprint density at radius 2 is 1.64 bits per heavy atom. The van der Waals surface area contributed by atoms with Crippen LogP contribution in [0.3, 0.4) is 0 Å². The molecule has 4 rings (SSSR count). The van der Waals surface area contributed by atoms with E-state index in [9.17, 15) is 9.59 Å². The van der Waals surface area contributed by atoms with Gasteiger partial charge in [0, 0.05) is 21.7 Å². The molecule has 0 bridgehead atoms. The molecule has 206 valence electrons. The summed E-state index contributed by atoms with van der Waals surface area (Å²) >= 11 is 4.72. The van der Waals surface area contributed by atoms with E-state index in [1.807, 2.05) is 12.1 Å². The van der Waals surface area contributed by atoms with Crippen LogP contribution in [-0.2, 0) is 9.53 Å². The Bertz CT molecular complexity index is 1640. The smallest absolute Gasteiger partial charge is 0.338 e. The van der Waals surface area contributed by atoms with Crippen molar-refractivity contribution >= 4 is 39.3 Å². The van der Waals surface area contributed by atoms with Crippen LogP contribution < -0.4 is 33.8 Å². The molecule has 3 aromatic rings. The summed E-state index contributed by atoms with van der Waals surface area (Å²) in [4.78, 5) is 32.5. The molecule has 1 atom stereocenters. The summed E-state index contributed by atoms with van der Waals surface area (Å²) in [5.74, 6) is 1.46. The third-order valence-electron chi connectivity index (χ3n) is 6.09. The molecule has 0 unspecified atom stereocenters. The molecule has 39 heavy (non-hydrogen) atoms. The normalized spacial score (nSPS) is 15.1. The van der Waals surface area contributed by atoms with Crippen LogP contribution in [-0.4, -0.2) is 45.1 Å². The largest absolute Gasteiger partial charge is 0.496 e. The SMILES string of the molecule is COc1cc(OC)c(OC)cc1/C=c1\sc2n(c1=O)[C@@H](c1cc(Br)ccc1OC)C(C(=O)OC(C)C)=C(C)N=2. The summed E-state index contributed by atoms with van der Waals surface area (Å²) in [6, 6.07) is 8.05. The van der Waals surface area contributed by atoms with Crippen LogP contribution in [0, 0.1) is 0 Å². The van der Waals surface area contributed by atoms with Crippen LogP contribution in [0.25, 0.3) is 6.08 Å². The molecular formula is C28H29BrN2O7S. The molecular weight excluding hydrogens is 588 g/mol. The number of rotatable bonds is 8. The maximum absolute atomic E-state index is 14.0. The summed E-state index contributed by atoms with van der Waals surface area (Å²) in [6.45, 7) is 5.28. The average Bonchev–Trinajstić information content (AvgIpc) is 3.21. The van der Waals surface area contributed by atoms with Crippen molar-refractivity contribution in [1.82, 2.24) is 4.57 Å². The van der Waals surface area contributed by atoms with Gasteiger partial charge in [-0.1, -0.05) is 27.3 Å². The van der Waals surface area contributed by atoms with Gasteiger partial charge in [-0.05, 0) is 51.1 Å². The van der Waals surface area contributed by atoms with Gasteiger partial charge in [0.15, 0.2) is 16.3 Å². The molecule has 2 aromatic carbocycles. The van der Waals surface area contributed by atoms with Crippen molar-refractivity contribution in [2.75, 3.05) is 28.4 Å². The van der Waals surface area contributed by atoms with Gasteiger partial charge in [-0.15, -0.1) is 0 Å². The topological polar surface area (TPSA) is 97.6 Å². The molecule has 1 aliphatic rings. The maximum atomic E-state index is 14.0. The van der Waals surface area contributed by atoms with Crippen LogP contribution in [0.5, 0.6) is 23.0 Å². The van der Waals surface area contributed by atoms with Gasteiger partial charge < -0.3 is 23.7 Å². The number of halogens is 1. The molecule has 2 heterocycles. The lowest BCUT2D eigenvalue weighted by molar-refractivity contribution is -0.143. The standard InChI is InChI=1S/C28H29BrN2O7S/c1-14(2)38-27(33)24-15(3)30-28-31(25(24)18-12-17(29)8-9-19(18)34-4)26(32)23(39-28)11-16-10-21(36-6)22(37-7)13-20(16)35-5/h8-14,25H,1-7H3/b23-11-/t25-/m0/s1. The third-order valence-corrected chi connectivity index (χ3v) is 7.57. The van der Waals surface area contributed by atoms with Gasteiger partial charge in [0.05, 0.1) is 50.3 Å². The molecule has 9 nitrogen and oxygen atoms in total. The molecule has 0 aliphatic carbocycles. The lowest BCUT2D eigenvalue weighted by atomic mass is 9.95. The van der Waals surface area contributed by atoms with Crippen LogP contribution in [0.15, 0.2) is 55.9 Å². The molecule has 0 fully saturated rings. The van der Waals surface area contributed by atoms with E-state index in [0.29, 0.717) is 49.2 Å². The predicted octanol–water partition coefficient (Wildman–Crippen LogP) is 3.98. The van der Waals surface area contributed by atoms with Gasteiger partial charge >= 0.3 is 5.97 Å². The second-order valence-electron chi connectivity index (χ2n) is 8.87. The summed E-state index contributed by atoms with van der Waals surface area (Å²) in [5.41, 5.74) is 1.64. The first kappa shape index (κ1) is 28.4. The van der Waals surface area contributed by atoms with Crippen LogP contribution in [0.4, 0.5) is 0 Å². The first-order valence-corrected chi connectivity index (χ1v) is 13.6. The highest BCUT2D eigenvalue weighted by atomic mass is 79.9. The van der Waals surface area contributed by atoms with E-state index in [1.54, 1.807) is 52.2 Å². The van der Waals surface area contributed by atoms with Crippen molar-refractivity contribution in [1.29, 1.82) is 0 Å². The zero-order chi connectivity index (χ0) is 28.4. The number of esters is 1. The van der Waals surface area contributed by atoms with Gasteiger partial charge in [-0.2, -0.15) is 0 Å². The number of hydrogen-bond acceptors (Lipinski definition) is 9. The van der Waals surface area contributed by atoms with Crippen LogP contribution >= 0.6 is 27.3 Å². The average molecular weight is 618 g/mol. The summed E-state index contributed by atoms with van der Waals surface area (Å²) < 4.78 is 30.3. The molecule has 1 aliphatic heterocycles. The highest BCUT2D eigenvalue weighted by molar-refractivity contribution is 9.10. The van der Waals surface area contributed by atoms with Gasteiger partial charge in [-0.3, -0.25) is 9.36 Å². The fraction of sp³-hybridized carbons (Fsp3) is 0.321. The lowest BCUT2D eigenvalue weighted by Gasteiger charge is -2.26. The number of carbonyl (C=O) groups is 1. The highest BCUT2D eigenvalue weighted by Crippen LogP contribution is 2.38. The number of thiazole rings is 1. The molecule has 1 aromatic heterocycles. The second-order valence-corrected chi connectivity index (χ2v) is 10.8. The molecule has 0 amide bonds.